The van der Waals surface area contributed by atoms with Crippen molar-refractivity contribution < 1.29 is 13.9 Å². The zero-order chi connectivity index (χ0) is 16.3. The minimum atomic E-state index is -0.532. The van der Waals surface area contributed by atoms with Crippen molar-refractivity contribution in [2.45, 2.75) is 53.1 Å². The van der Waals surface area contributed by atoms with Crippen LogP contribution in [0.2, 0.25) is 0 Å². The molecular weight excluding hydrogens is 280 g/mol. The zero-order valence-electron chi connectivity index (χ0n) is 13.6. The number of hydrogen-bond acceptors (Lipinski definition) is 4. The van der Waals surface area contributed by atoms with Gasteiger partial charge in [0.25, 0.3) is 0 Å². The van der Waals surface area contributed by atoms with Crippen LogP contribution in [0.1, 0.15) is 44.7 Å². The maximum atomic E-state index is 11.8. The molecule has 0 aliphatic carbocycles. The van der Waals surface area contributed by atoms with Crippen molar-refractivity contribution in [3.05, 3.63) is 39.7 Å². The summed E-state index contributed by atoms with van der Waals surface area (Å²) in [6.45, 7) is 7.23. The number of hydrogen-bond donors (Lipinski definition) is 0. The molecule has 0 bridgehead atoms. The third-order valence-electron chi connectivity index (χ3n) is 3.71. The first-order valence-corrected chi connectivity index (χ1v) is 7.67. The van der Waals surface area contributed by atoms with Gasteiger partial charge in [0, 0.05) is 6.07 Å². The van der Waals surface area contributed by atoms with Crippen LogP contribution in [0.5, 0.6) is 5.75 Å². The normalized spacial score (nSPS) is 12.4. The summed E-state index contributed by atoms with van der Waals surface area (Å²) >= 11 is 0. The molecule has 0 aliphatic rings. The minimum absolute atomic E-state index is 0.0397. The van der Waals surface area contributed by atoms with Gasteiger partial charge in [0.2, 0.25) is 0 Å². The van der Waals surface area contributed by atoms with Crippen LogP contribution in [0, 0.1) is 6.92 Å². The molecule has 22 heavy (non-hydrogen) atoms. The lowest BCUT2D eigenvalue weighted by Crippen LogP contribution is -2.21. The average molecular weight is 302 g/mol. The fraction of sp³-hybridized carbons (Fsp3) is 0.444. The van der Waals surface area contributed by atoms with Crippen LogP contribution in [-0.2, 0) is 11.2 Å². The molecule has 0 saturated heterocycles. The molecule has 0 N–H and O–H groups in total. The van der Waals surface area contributed by atoms with Crippen molar-refractivity contribution in [2.24, 2.45) is 0 Å². The molecule has 4 nitrogen and oxygen atoms in total. The van der Waals surface area contributed by atoms with Crippen LogP contribution >= 0.6 is 0 Å². The molecule has 0 radical (unpaired) electrons. The lowest BCUT2D eigenvalue weighted by Gasteiger charge is -2.16. The largest absolute Gasteiger partial charge is 0.482 e. The maximum Gasteiger partial charge on any atom is 0.336 e. The highest BCUT2D eigenvalue weighted by Gasteiger charge is 2.16. The first kappa shape index (κ1) is 16.3. The summed E-state index contributed by atoms with van der Waals surface area (Å²) in [4.78, 5) is 23.2. The molecule has 0 fully saturated rings. The predicted octanol–water partition coefficient (Wildman–Crippen LogP) is 3.80. The standard InChI is InChI=1S/C18H22O4/c1-5-6-7-14-10-17(20)22-16-9-11(2)8-15(18(14)16)21-13(4)12(3)19/h8-10,13H,5-7H2,1-4H3. The molecule has 1 unspecified atom stereocenters. The third-order valence-corrected chi connectivity index (χ3v) is 3.71. The number of rotatable bonds is 6. The molecule has 2 rings (SSSR count). The van der Waals surface area contributed by atoms with E-state index in [1.807, 2.05) is 19.1 Å². The van der Waals surface area contributed by atoms with E-state index in [0.717, 1.165) is 35.8 Å². The van der Waals surface area contributed by atoms with Gasteiger partial charge in [0.05, 0.1) is 5.39 Å². The summed E-state index contributed by atoms with van der Waals surface area (Å²) in [6, 6.07) is 5.24. The van der Waals surface area contributed by atoms with Gasteiger partial charge in [0.15, 0.2) is 11.9 Å². The Morgan fingerprint density at radius 2 is 2.05 bits per heavy atom. The Morgan fingerprint density at radius 3 is 2.68 bits per heavy atom. The molecule has 1 aromatic heterocycles. The van der Waals surface area contributed by atoms with Gasteiger partial charge >= 0.3 is 5.63 Å². The maximum absolute atomic E-state index is 11.8. The van der Waals surface area contributed by atoms with Gasteiger partial charge in [-0.05, 0) is 56.9 Å². The number of ether oxygens (including phenoxy) is 1. The van der Waals surface area contributed by atoms with Crippen molar-refractivity contribution in [3.8, 4) is 5.75 Å². The van der Waals surface area contributed by atoms with Gasteiger partial charge in [-0.1, -0.05) is 13.3 Å². The van der Waals surface area contributed by atoms with Crippen LogP contribution in [-0.4, -0.2) is 11.9 Å². The predicted molar refractivity (Wildman–Crippen MR) is 86.6 cm³/mol. The molecule has 1 heterocycles. The van der Waals surface area contributed by atoms with Crippen molar-refractivity contribution in [2.75, 3.05) is 0 Å². The molecule has 0 saturated carbocycles. The lowest BCUT2D eigenvalue weighted by atomic mass is 10.0. The molecule has 2 aromatic rings. The van der Waals surface area contributed by atoms with Gasteiger partial charge in [0.1, 0.15) is 11.3 Å². The number of fused-ring (bicyclic) bond motifs is 1. The van der Waals surface area contributed by atoms with Crippen molar-refractivity contribution in [1.29, 1.82) is 0 Å². The lowest BCUT2D eigenvalue weighted by molar-refractivity contribution is -0.122. The van der Waals surface area contributed by atoms with Crippen LogP contribution in [0.3, 0.4) is 0 Å². The molecule has 0 spiro atoms. The van der Waals surface area contributed by atoms with E-state index in [4.69, 9.17) is 9.15 Å². The van der Waals surface area contributed by atoms with E-state index in [1.54, 1.807) is 6.92 Å². The molecule has 118 valence electrons. The highest BCUT2D eigenvalue weighted by atomic mass is 16.5. The monoisotopic (exact) mass is 302 g/mol. The second kappa shape index (κ2) is 6.77. The van der Waals surface area contributed by atoms with E-state index in [0.29, 0.717) is 11.3 Å². The van der Waals surface area contributed by atoms with Crippen molar-refractivity contribution in [1.82, 2.24) is 0 Å². The Hall–Kier alpha value is -2.10. The number of Topliss-reactive ketones (excluding diaryl/α,β-unsaturated/α-hetero) is 1. The van der Waals surface area contributed by atoms with Gasteiger partial charge in [-0.15, -0.1) is 0 Å². The Morgan fingerprint density at radius 1 is 1.32 bits per heavy atom. The molecule has 1 aromatic carbocycles. The van der Waals surface area contributed by atoms with Crippen LogP contribution in [0.15, 0.2) is 27.4 Å². The van der Waals surface area contributed by atoms with Crippen LogP contribution < -0.4 is 10.4 Å². The Labute approximate surface area is 130 Å². The summed E-state index contributed by atoms with van der Waals surface area (Å²) in [5.74, 6) is 0.565. The summed E-state index contributed by atoms with van der Waals surface area (Å²) in [6.07, 6.45) is 2.27. The Kier molecular flexibility index (Phi) is 5.01. The summed E-state index contributed by atoms with van der Waals surface area (Å²) in [5.41, 5.74) is 2.01. The Balaban J connectivity index is 2.62. The smallest absolute Gasteiger partial charge is 0.336 e. The van der Waals surface area contributed by atoms with E-state index in [2.05, 4.69) is 6.92 Å². The van der Waals surface area contributed by atoms with Crippen molar-refractivity contribution in [3.63, 3.8) is 0 Å². The molecule has 0 amide bonds. The first-order valence-electron chi connectivity index (χ1n) is 7.67. The van der Waals surface area contributed by atoms with Crippen molar-refractivity contribution >= 4 is 16.8 Å². The van der Waals surface area contributed by atoms with E-state index in [9.17, 15) is 9.59 Å². The number of benzene rings is 1. The van der Waals surface area contributed by atoms with E-state index in [1.165, 1.54) is 13.0 Å². The summed E-state index contributed by atoms with van der Waals surface area (Å²) in [5, 5.41) is 0.798. The summed E-state index contributed by atoms with van der Waals surface area (Å²) in [7, 11) is 0. The molecule has 1 atom stereocenters. The minimum Gasteiger partial charge on any atom is -0.482 e. The number of carbonyl (C=O) groups excluding carboxylic acids is 1. The fourth-order valence-corrected chi connectivity index (χ4v) is 2.40. The second-order valence-electron chi connectivity index (χ2n) is 5.70. The van der Waals surface area contributed by atoms with Gasteiger partial charge < -0.3 is 9.15 Å². The third kappa shape index (κ3) is 3.56. The van der Waals surface area contributed by atoms with E-state index < -0.39 is 6.10 Å². The SMILES string of the molecule is CCCCc1cc(=O)oc2cc(C)cc(OC(C)C(C)=O)c12. The van der Waals surface area contributed by atoms with E-state index >= 15 is 0 Å². The fourth-order valence-electron chi connectivity index (χ4n) is 2.40. The zero-order valence-corrected chi connectivity index (χ0v) is 13.6. The highest BCUT2D eigenvalue weighted by molar-refractivity contribution is 5.88. The quantitative estimate of drug-likeness (QED) is 0.762. The number of unbranched alkanes of at least 4 members (excludes halogenated alkanes) is 1. The van der Waals surface area contributed by atoms with Gasteiger partial charge in [-0.2, -0.15) is 0 Å². The van der Waals surface area contributed by atoms with E-state index in [-0.39, 0.29) is 11.4 Å². The average Bonchev–Trinajstić information content (AvgIpc) is 2.43. The molecule has 0 aliphatic heterocycles. The second-order valence-corrected chi connectivity index (χ2v) is 5.70. The van der Waals surface area contributed by atoms with Crippen LogP contribution in [0.4, 0.5) is 0 Å². The number of aryl methyl sites for hydroxylation is 2. The molecule has 4 heteroatoms. The van der Waals surface area contributed by atoms with Gasteiger partial charge in [-0.25, -0.2) is 4.79 Å². The first-order chi connectivity index (χ1) is 10.4. The number of carbonyl (C=O) groups is 1. The van der Waals surface area contributed by atoms with Crippen LogP contribution in [0.25, 0.3) is 11.0 Å². The Bertz CT molecular complexity index is 743. The topological polar surface area (TPSA) is 56.5 Å². The highest BCUT2D eigenvalue weighted by Crippen LogP contribution is 2.31. The summed E-state index contributed by atoms with van der Waals surface area (Å²) < 4.78 is 11.1. The van der Waals surface area contributed by atoms with Gasteiger partial charge in [-0.3, -0.25) is 4.79 Å². The number of ketones is 1. The molecular formula is C18H22O4.